The van der Waals surface area contributed by atoms with Crippen LogP contribution in [0.4, 0.5) is 0 Å². The summed E-state index contributed by atoms with van der Waals surface area (Å²) in [7, 11) is 0. The number of carbonyl (C=O) groups excluding carboxylic acids is 1. The zero-order valence-corrected chi connectivity index (χ0v) is 13.3. The molecule has 0 saturated carbocycles. The van der Waals surface area contributed by atoms with Gasteiger partial charge in [0.25, 0.3) is 5.91 Å². The van der Waals surface area contributed by atoms with E-state index in [1.807, 2.05) is 36.4 Å². The van der Waals surface area contributed by atoms with Crippen LogP contribution in [-0.4, -0.2) is 17.6 Å². The number of hydrogen-bond acceptors (Lipinski definition) is 3. The largest absolute Gasteiger partial charge is 0.508 e. The van der Waals surface area contributed by atoms with Crippen LogP contribution in [0.1, 0.15) is 15.2 Å². The zero-order chi connectivity index (χ0) is 16.1. The summed E-state index contributed by atoms with van der Waals surface area (Å²) >= 11 is 1.43. The summed E-state index contributed by atoms with van der Waals surface area (Å²) in [4.78, 5) is 13.8. The van der Waals surface area contributed by atoms with Gasteiger partial charge in [0.05, 0.1) is 4.88 Å². The fourth-order valence-corrected chi connectivity index (χ4v) is 3.25. The van der Waals surface area contributed by atoms with Gasteiger partial charge in [-0.15, -0.1) is 11.3 Å². The van der Waals surface area contributed by atoms with Crippen molar-refractivity contribution in [2.45, 2.75) is 6.42 Å². The molecule has 0 aliphatic heterocycles. The summed E-state index contributed by atoms with van der Waals surface area (Å²) in [6.07, 6.45) is 0.817. The number of amides is 1. The van der Waals surface area contributed by atoms with Crippen LogP contribution in [0, 0.1) is 0 Å². The van der Waals surface area contributed by atoms with Gasteiger partial charge in [0.15, 0.2) is 0 Å². The average molecular weight is 323 g/mol. The molecule has 1 aromatic heterocycles. The maximum absolute atomic E-state index is 12.2. The number of hydrogen-bond donors (Lipinski definition) is 2. The molecule has 116 valence electrons. The second-order valence-electron chi connectivity index (χ2n) is 5.21. The van der Waals surface area contributed by atoms with Crippen molar-refractivity contribution in [3.8, 4) is 16.2 Å². The Morgan fingerprint density at radius 3 is 2.61 bits per heavy atom. The molecule has 3 nitrogen and oxygen atoms in total. The van der Waals surface area contributed by atoms with E-state index in [1.165, 1.54) is 16.9 Å². The number of carbonyl (C=O) groups is 1. The second-order valence-corrected chi connectivity index (χ2v) is 6.29. The Bertz CT molecular complexity index is 796. The van der Waals surface area contributed by atoms with Crippen LogP contribution >= 0.6 is 11.3 Å². The molecule has 0 saturated heterocycles. The third-order valence-corrected chi connectivity index (χ3v) is 4.64. The lowest BCUT2D eigenvalue weighted by atomic mass is 10.1. The number of rotatable bonds is 5. The number of phenols is 1. The van der Waals surface area contributed by atoms with E-state index in [4.69, 9.17) is 0 Å². The molecule has 0 bridgehead atoms. The Balaban J connectivity index is 1.60. The predicted molar refractivity (Wildman–Crippen MR) is 93.9 cm³/mol. The molecule has 2 aromatic carbocycles. The second kappa shape index (κ2) is 7.11. The highest BCUT2D eigenvalue weighted by Crippen LogP contribution is 2.29. The first kappa shape index (κ1) is 15.3. The molecule has 0 unspecified atom stereocenters. The minimum atomic E-state index is -0.0580. The normalized spacial score (nSPS) is 10.4. The van der Waals surface area contributed by atoms with Gasteiger partial charge in [0.2, 0.25) is 0 Å². The van der Waals surface area contributed by atoms with Gasteiger partial charge >= 0.3 is 0 Å². The topological polar surface area (TPSA) is 49.3 Å². The molecule has 0 aliphatic rings. The fourth-order valence-electron chi connectivity index (χ4n) is 2.33. The van der Waals surface area contributed by atoms with E-state index < -0.39 is 0 Å². The van der Waals surface area contributed by atoms with Gasteiger partial charge in [-0.25, -0.2) is 0 Å². The number of phenolic OH excluding ortho intramolecular Hbond substituents is 1. The lowest BCUT2D eigenvalue weighted by molar-refractivity contribution is 0.0958. The Morgan fingerprint density at radius 2 is 1.83 bits per heavy atom. The van der Waals surface area contributed by atoms with Crippen LogP contribution in [0.25, 0.3) is 10.4 Å². The highest BCUT2D eigenvalue weighted by Gasteiger charge is 2.10. The molecule has 3 aromatic rings. The van der Waals surface area contributed by atoms with Gasteiger partial charge in [-0.3, -0.25) is 4.79 Å². The molecular formula is C19H17NO2S. The molecule has 0 radical (unpaired) electrons. The van der Waals surface area contributed by atoms with Crippen LogP contribution < -0.4 is 5.32 Å². The summed E-state index contributed by atoms with van der Waals surface area (Å²) in [5.41, 5.74) is 2.12. The van der Waals surface area contributed by atoms with Crippen LogP contribution in [0.5, 0.6) is 5.75 Å². The van der Waals surface area contributed by atoms with E-state index in [0.717, 1.165) is 16.9 Å². The van der Waals surface area contributed by atoms with E-state index in [2.05, 4.69) is 17.4 Å². The third-order valence-electron chi connectivity index (χ3n) is 3.50. The van der Waals surface area contributed by atoms with Gasteiger partial charge in [0.1, 0.15) is 5.75 Å². The first-order chi connectivity index (χ1) is 11.2. The molecule has 23 heavy (non-hydrogen) atoms. The van der Waals surface area contributed by atoms with Gasteiger partial charge in [-0.1, -0.05) is 42.5 Å². The Morgan fingerprint density at radius 1 is 1.00 bits per heavy atom. The monoisotopic (exact) mass is 323 g/mol. The quantitative estimate of drug-likeness (QED) is 0.743. The SMILES string of the molecule is O=C(NCCc1ccccc1)c1ccc(-c2cccc(O)c2)s1. The Kier molecular flexibility index (Phi) is 4.74. The summed E-state index contributed by atoms with van der Waals surface area (Å²) < 4.78 is 0. The number of nitrogens with one attached hydrogen (secondary N) is 1. The van der Waals surface area contributed by atoms with E-state index in [1.54, 1.807) is 18.2 Å². The molecular weight excluding hydrogens is 306 g/mol. The van der Waals surface area contributed by atoms with Gasteiger partial charge < -0.3 is 10.4 Å². The molecule has 0 atom stereocenters. The predicted octanol–water partition coefficient (Wildman–Crippen LogP) is 4.09. The summed E-state index contributed by atoms with van der Waals surface area (Å²) in [6, 6.07) is 20.9. The minimum Gasteiger partial charge on any atom is -0.508 e. The first-order valence-corrected chi connectivity index (χ1v) is 8.25. The molecule has 1 amide bonds. The van der Waals surface area contributed by atoms with E-state index in [0.29, 0.717) is 11.4 Å². The van der Waals surface area contributed by atoms with Crippen LogP contribution in [0.2, 0.25) is 0 Å². The van der Waals surface area contributed by atoms with E-state index in [-0.39, 0.29) is 11.7 Å². The van der Waals surface area contributed by atoms with Crippen molar-refractivity contribution in [3.05, 3.63) is 77.2 Å². The van der Waals surface area contributed by atoms with Crippen LogP contribution in [-0.2, 0) is 6.42 Å². The average Bonchev–Trinajstić information content (AvgIpc) is 3.06. The Labute approximate surface area is 139 Å². The molecule has 3 rings (SSSR count). The number of aromatic hydroxyl groups is 1. The van der Waals surface area contributed by atoms with Gasteiger partial charge in [0, 0.05) is 11.4 Å². The van der Waals surface area contributed by atoms with Gasteiger partial charge in [-0.05, 0) is 41.8 Å². The molecule has 2 N–H and O–H groups in total. The van der Waals surface area contributed by atoms with E-state index >= 15 is 0 Å². The summed E-state index contributed by atoms with van der Waals surface area (Å²) in [5, 5.41) is 12.5. The Hall–Kier alpha value is -2.59. The number of thiophene rings is 1. The van der Waals surface area contributed by atoms with Crippen molar-refractivity contribution >= 4 is 17.2 Å². The van der Waals surface area contributed by atoms with Crippen molar-refractivity contribution in [1.82, 2.24) is 5.32 Å². The zero-order valence-electron chi connectivity index (χ0n) is 12.5. The van der Waals surface area contributed by atoms with Crippen LogP contribution in [0.3, 0.4) is 0 Å². The molecule has 0 aliphatic carbocycles. The van der Waals surface area contributed by atoms with Crippen molar-refractivity contribution in [3.63, 3.8) is 0 Å². The molecule has 0 spiro atoms. The van der Waals surface area contributed by atoms with Gasteiger partial charge in [-0.2, -0.15) is 0 Å². The molecule has 4 heteroatoms. The third kappa shape index (κ3) is 3.99. The van der Waals surface area contributed by atoms with E-state index in [9.17, 15) is 9.90 Å². The maximum atomic E-state index is 12.2. The molecule has 0 fully saturated rings. The highest BCUT2D eigenvalue weighted by molar-refractivity contribution is 7.17. The molecule has 1 heterocycles. The first-order valence-electron chi connectivity index (χ1n) is 7.44. The lowest BCUT2D eigenvalue weighted by Gasteiger charge is -2.03. The fraction of sp³-hybridized carbons (Fsp3) is 0.105. The summed E-state index contributed by atoms with van der Waals surface area (Å²) in [5.74, 6) is 0.169. The number of benzene rings is 2. The standard InChI is InChI=1S/C19H17NO2S/c21-16-8-4-7-15(13-16)17-9-10-18(23-17)19(22)20-12-11-14-5-2-1-3-6-14/h1-10,13,21H,11-12H2,(H,20,22). The van der Waals surface area contributed by atoms with Crippen molar-refractivity contribution in [2.24, 2.45) is 0 Å². The van der Waals surface area contributed by atoms with Crippen LogP contribution in [0.15, 0.2) is 66.7 Å². The highest BCUT2D eigenvalue weighted by atomic mass is 32.1. The van der Waals surface area contributed by atoms with Crippen molar-refractivity contribution < 1.29 is 9.90 Å². The van der Waals surface area contributed by atoms with Crippen molar-refractivity contribution in [2.75, 3.05) is 6.54 Å². The van der Waals surface area contributed by atoms with Crippen molar-refractivity contribution in [1.29, 1.82) is 0 Å². The maximum Gasteiger partial charge on any atom is 0.261 e. The minimum absolute atomic E-state index is 0.0580. The smallest absolute Gasteiger partial charge is 0.261 e. The summed E-state index contributed by atoms with van der Waals surface area (Å²) in [6.45, 7) is 0.613. The lowest BCUT2D eigenvalue weighted by Crippen LogP contribution is -2.24.